The molecule has 2 unspecified atom stereocenters. The van der Waals surface area contributed by atoms with Crippen molar-refractivity contribution in [1.29, 1.82) is 0 Å². The van der Waals surface area contributed by atoms with Crippen LogP contribution in [0.5, 0.6) is 0 Å². The molecule has 1 fully saturated rings. The zero-order chi connectivity index (χ0) is 12.7. The van der Waals surface area contributed by atoms with Gasteiger partial charge < -0.3 is 10.2 Å². The van der Waals surface area contributed by atoms with Gasteiger partial charge in [0.15, 0.2) is 0 Å². The lowest BCUT2D eigenvalue weighted by Gasteiger charge is -2.38. The summed E-state index contributed by atoms with van der Waals surface area (Å²) < 4.78 is 0. The molecular weight excluding hydrogens is 244 g/mol. The van der Waals surface area contributed by atoms with E-state index < -0.39 is 0 Å². The van der Waals surface area contributed by atoms with E-state index in [1.165, 1.54) is 10.3 Å². The van der Waals surface area contributed by atoms with Gasteiger partial charge in [-0.2, -0.15) is 0 Å². The molecular formula is C13H18N4S. The molecule has 2 aromatic rings. The van der Waals surface area contributed by atoms with Gasteiger partial charge in [-0.05, 0) is 26.8 Å². The van der Waals surface area contributed by atoms with Crippen LogP contribution < -0.4 is 10.2 Å². The molecule has 0 aromatic carbocycles. The van der Waals surface area contributed by atoms with Gasteiger partial charge in [-0.15, -0.1) is 11.3 Å². The number of fused-ring (bicyclic) bond motifs is 1. The van der Waals surface area contributed by atoms with Crippen LogP contribution in [0.1, 0.15) is 18.7 Å². The Labute approximate surface area is 111 Å². The lowest BCUT2D eigenvalue weighted by atomic mass is 10.1. The van der Waals surface area contributed by atoms with Crippen molar-refractivity contribution in [3.8, 4) is 0 Å². The van der Waals surface area contributed by atoms with E-state index in [4.69, 9.17) is 0 Å². The van der Waals surface area contributed by atoms with Crippen LogP contribution in [0.2, 0.25) is 0 Å². The van der Waals surface area contributed by atoms with Crippen molar-refractivity contribution < 1.29 is 0 Å². The first-order valence-corrected chi connectivity index (χ1v) is 7.18. The average molecular weight is 262 g/mol. The Bertz CT molecular complexity index is 565. The van der Waals surface area contributed by atoms with Gasteiger partial charge in [0.05, 0.1) is 5.39 Å². The van der Waals surface area contributed by atoms with Crippen molar-refractivity contribution in [2.75, 3.05) is 18.0 Å². The molecule has 0 aliphatic carbocycles. The standard InChI is InChI=1S/C13H18N4S/c1-8-6-17(9(2)5-14-8)12-11-4-10(3)18-13(11)16-7-15-12/h4,7-9,14H,5-6H2,1-3H3. The van der Waals surface area contributed by atoms with Crippen LogP contribution in [0.4, 0.5) is 5.82 Å². The Balaban J connectivity index is 2.07. The Morgan fingerprint density at radius 3 is 3.06 bits per heavy atom. The molecule has 2 atom stereocenters. The van der Waals surface area contributed by atoms with E-state index in [9.17, 15) is 0 Å². The molecule has 3 rings (SSSR count). The Kier molecular flexibility index (Phi) is 2.95. The molecule has 18 heavy (non-hydrogen) atoms. The number of hydrogen-bond donors (Lipinski definition) is 1. The van der Waals surface area contributed by atoms with Gasteiger partial charge in [-0.1, -0.05) is 0 Å². The van der Waals surface area contributed by atoms with Crippen molar-refractivity contribution >= 4 is 27.4 Å². The molecule has 0 bridgehead atoms. The Hall–Kier alpha value is -1.20. The maximum atomic E-state index is 4.52. The zero-order valence-electron chi connectivity index (χ0n) is 11.0. The topological polar surface area (TPSA) is 41.0 Å². The van der Waals surface area contributed by atoms with E-state index >= 15 is 0 Å². The molecule has 1 saturated heterocycles. The third-order valence-corrected chi connectivity index (χ3v) is 4.43. The first kappa shape index (κ1) is 11.9. The summed E-state index contributed by atoms with van der Waals surface area (Å²) in [5, 5.41) is 4.70. The fourth-order valence-corrected chi connectivity index (χ4v) is 3.35. The van der Waals surface area contributed by atoms with Crippen molar-refractivity contribution in [3.05, 3.63) is 17.3 Å². The van der Waals surface area contributed by atoms with Crippen molar-refractivity contribution in [1.82, 2.24) is 15.3 Å². The summed E-state index contributed by atoms with van der Waals surface area (Å²) >= 11 is 1.74. The molecule has 0 radical (unpaired) electrons. The fourth-order valence-electron chi connectivity index (χ4n) is 2.51. The molecule has 4 nitrogen and oxygen atoms in total. The minimum atomic E-state index is 0.472. The summed E-state index contributed by atoms with van der Waals surface area (Å²) in [6.07, 6.45) is 1.69. The highest BCUT2D eigenvalue weighted by molar-refractivity contribution is 7.18. The monoisotopic (exact) mass is 262 g/mol. The van der Waals surface area contributed by atoms with E-state index in [2.05, 4.69) is 47.0 Å². The first-order valence-electron chi connectivity index (χ1n) is 6.36. The van der Waals surface area contributed by atoms with Crippen LogP contribution >= 0.6 is 11.3 Å². The number of anilines is 1. The third kappa shape index (κ3) is 1.97. The molecule has 2 aromatic heterocycles. The highest BCUT2D eigenvalue weighted by Crippen LogP contribution is 2.31. The van der Waals surface area contributed by atoms with Crippen LogP contribution in [-0.2, 0) is 0 Å². The third-order valence-electron chi connectivity index (χ3n) is 3.47. The van der Waals surface area contributed by atoms with Gasteiger partial charge in [0.1, 0.15) is 17.0 Å². The summed E-state index contributed by atoms with van der Waals surface area (Å²) in [5.41, 5.74) is 0. The van der Waals surface area contributed by atoms with Gasteiger partial charge in [-0.25, -0.2) is 9.97 Å². The summed E-state index contributed by atoms with van der Waals surface area (Å²) in [5.74, 6) is 1.09. The molecule has 96 valence electrons. The second-order valence-corrected chi connectivity index (χ2v) is 6.32. The van der Waals surface area contributed by atoms with Gasteiger partial charge in [0.25, 0.3) is 0 Å². The Morgan fingerprint density at radius 2 is 2.22 bits per heavy atom. The predicted molar refractivity (Wildman–Crippen MR) is 76.4 cm³/mol. The second-order valence-electron chi connectivity index (χ2n) is 5.08. The number of hydrogen-bond acceptors (Lipinski definition) is 5. The summed E-state index contributed by atoms with van der Waals surface area (Å²) in [4.78, 5) is 13.7. The molecule has 1 aliphatic heterocycles. The number of aromatic nitrogens is 2. The minimum absolute atomic E-state index is 0.472. The Morgan fingerprint density at radius 1 is 1.39 bits per heavy atom. The van der Waals surface area contributed by atoms with Crippen LogP contribution in [-0.4, -0.2) is 35.1 Å². The molecule has 1 N–H and O–H groups in total. The number of nitrogens with one attached hydrogen (secondary N) is 1. The number of thiophene rings is 1. The quantitative estimate of drug-likeness (QED) is 0.855. The van der Waals surface area contributed by atoms with Crippen LogP contribution in [0.25, 0.3) is 10.2 Å². The fraction of sp³-hybridized carbons (Fsp3) is 0.538. The van der Waals surface area contributed by atoms with Crippen molar-refractivity contribution in [3.63, 3.8) is 0 Å². The van der Waals surface area contributed by atoms with Gasteiger partial charge in [0, 0.05) is 30.1 Å². The summed E-state index contributed by atoms with van der Waals surface area (Å²) in [6, 6.07) is 3.18. The van der Waals surface area contributed by atoms with Crippen molar-refractivity contribution in [2.45, 2.75) is 32.9 Å². The second kappa shape index (κ2) is 4.48. The average Bonchev–Trinajstić information content (AvgIpc) is 2.72. The normalized spacial score (nSPS) is 24.7. The maximum absolute atomic E-state index is 4.52. The number of piperazine rings is 1. The van der Waals surface area contributed by atoms with E-state index in [1.807, 2.05) is 0 Å². The zero-order valence-corrected chi connectivity index (χ0v) is 11.8. The smallest absolute Gasteiger partial charge is 0.141 e. The van der Waals surface area contributed by atoms with Crippen molar-refractivity contribution in [2.24, 2.45) is 0 Å². The molecule has 3 heterocycles. The first-order chi connectivity index (χ1) is 8.65. The number of nitrogens with zero attached hydrogens (tertiary/aromatic N) is 3. The molecule has 1 aliphatic rings. The summed E-state index contributed by atoms with van der Waals surface area (Å²) in [6.45, 7) is 8.60. The van der Waals surface area contributed by atoms with Gasteiger partial charge in [-0.3, -0.25) is 0 Å². The number of aryl methyl sites for hydroxylation is 1. The van der Waals surface area contributed by atoms with Crippen LogP contribution in [0.15, 0.2) is 12.4 Å². The maximum Gasteiger partial charge on any atom is 0.141 e. The summed E-state index contributed by atoms with van der Waals surface area (Å²) in [7, 11) is 0. The van der Waals surface area contributed by atoms with E-state index in [-0.39, 0.29) is 0 Å². The van der Waals surface area contributed by atoms with Crippen LogP contribution in [0, 0.1) is 6.92 Å². The van der Waals surface area contributed by atoms with Crippen LogP contribution in [0.3, 0.4) is 0 Å². The highest BCUT2D eigenvalue weighted by Gasteiger charge is 2.25. The van der Waals surface area contributed by atoms with E-state index in [1.54, 1.807) is 17.7 Å². The molecule has 0 amide bonds. The van der Waals surface area contributed by atoms with E-state index in [0.29, 0.717) is 12.1 Å². The molecule has 0 saturated carbocycles. The van der Waals surface area contributed by atoms with Gasteiger partial charge in [0.2, 0.25) is 0 Å². The van der Waals surface area contributed by atoms with Gasteiger partial charge >= 0.3 is 0 Å². The predicted octanol–water partition coefficient (Wildman–Crippen LogP) is 2.19. The highest BCUT2D eigenvalue weighted by atomic mass is 32.1. The largest absolute Gasteiger partial charge is 0.350 e. The molecule has 0 spiro atoms. The molecule has 5 heteroatoms. The lowest BCUT2D eigenvalue weighted by molar-refractivity contribution is 0.423. The lowest BCUT2D eigenvalue weighted by Crippen LogP contribution is -2.54. The number of rotatable bonds is 1. The minimum Gasteiger partial charge on any atom is -0.350 e. The van der Waals surface area contributed by atoms with E-state index in [0.717, 1.165) is 23.7 Å². The SMILES string of the molecule is Cc1cc2c(N3CC(C)NCC3C)ncnc2s1.